The summed E-state index contributed by atoms with van der Waals surface area (Å²) in [5, 5.41) is 5.14. The normalized spacial score (nSPS) is 10.0. The molecule has 116 valence electrons. The zero-order valence-corrected chi connectivity index (χ0v) is 12.8. The Morgan fingerprint density at radius 2 is 2.00 bits per heavy atom. The lowest BCUT2D eigenvalue weighted by atomic mass is 10.2. The van der Waals surface area contributed by atoms with Gasteiger partial charge in [-0.05, 0) is 31.5 Å². The van der Waals surface area contributed by atoms with Crippen LogP contribution in [0.4, 0.5) is 11.4 Å². The second-order valence-electron chi connectivity index (χ2n) is 4.71. The lowest BCUT2D eigenvalue weighted by Crippen LogP contribution is -2.36. The number of benzene rings is 1. The van der Waals surface area contributed by atoms with Gasteiger partial charge in [0.25, 0.3) is 0 Å². The van der Waals surface area contributed by atoms with E-state index in [1.807, 2.05) is 38.1 Å². The van der Waals surface area contributed by atoms with Crippen LogP contribution in [0.2, 0.25) is 0 Å². The highest BCUT2D eigenvalue weighted by Gasteiger charge is 2.13. The number of hydrogen-bond donors (Lipinski definition) is 2. The Labute approximate surface area is 125 Å². The Morgan fingerprint density at radius 3 is 2.67 bits per heavy atom. The molecule has 0 aliphatic heterocycles. The number of nitrogens with one attached hydrogen (secondary N) is 2. The number of carbonyl (C=O) groups is 2. The third-order valence-electron chi connectivity index (χ3n) is 2.78. The molecule has 0 saturated heterocycles. The monoisotopic (exact) mass is 293 g/mol. The van der Waals surface area contributed by atoms with Crippen molar-refractivity contribution in [2.45, 2.75) is 13.3 Å². The summed E-state index contributed by atoms with van der Waals surface area (Å²) in [6, 6.07) is 7.29. The Kier molecular flexibility index (Phi) is 7.25. The number of amides is 2. The van der Waals surface area contributed by atoms with Gasteiger partial charge in [0.15, 0.2) is 0 Å². The lowest BCUT2D eigenvalue weighted by molar-refractivity contribution is -0.136. The van der Waals surface area contributed by atoms with E-state index in [4.69, 9.17) is 4.74 Å². The van der Waals surface area contributed by atoms with Gasteiger partial charge in [-0.15, -0.1) is 0 Å². The molecule has 6 nitrogen and oxygen atoms in total. The number of ether oxygens (including phenoxy) is 1. The number of nitrogens with zero attached hydrogens (tertiary/aromatic N) is 1. The zero-order chi connectivity index (χ0) is 15.7. The van der Waals surface area contributed by atoms with Gasteiger partial charge in [0, 0.05) is 45.2 Å². The van der Waals surface area contributed by atoms with E-state index in [0.717, 1.165) is 5.69 Å². The van der Waals surface area contributed by atoms with Crippen molar-refractivity contribution in [1.29, 1.82) is 0 Å². The van der Waals surface area contributed by atoms with E-state index in [9.17, 15) is 9.59 Å². The van der Waals surface area contributed by atoms with Gasteiger partial charge in [-0.25, -0.2) is 0 Å². The molecular formula is C15H23N3O3. The van der Waals surface area contributed by atoms with Gasteiger partial charge in [0.05, 0.1) is 0 Å². The molecule has 2 amide bonds. The third-order valence-corrected chi connectivity index (χ3v) is 2.78. The molecule has 0 heterocycles. The van der Waals surface area contributed by atoms with Gasteiger partial charge < -0.3 is 20.3 Å². The molecule has 0 aliphatic carbocycles. The highest BCUT2D eigenvalue weighted by Crippen LogP contribution is 2.16. The van der Waals surface area contributed by atoms with E-state index in [-0.39, 0.29) is 0 Å². The Hall–Kier alpha value is -2.08. The van der Waals surface area contributed by atoms with Crippen molar-refractivity contribution >= 4 is 23.2 Å². The van der Waals surface area contributed by atoms with E-state index < -0.39 is 11.8 Å². The van der Waals surface area contributed by atoms with Crippen molar-refractivity contribution < 1.29 is 14.3 Å². The number of rotatable bonds is 7. The molecule has 1 rings (SSSR count). The van der Waals surface area contributed by atoms with Crippen LogP contribution in [0.15, 0.2) is 24.3 Å². The number of anilines is 2. The first-order valence-corrected chi connectivity index (χ1v) is 6.99. The standard InChI is InChI=1S/C15H23N3O3/c1-4-21-10-6-9-16-14(19)15(20)17-12-7-5-8-13(11-12)18(2)3/h5,7-8,11H,4,6,9-10H2,1-3H3,(H,16,19)(H,17,20). The summed E-state index contributed by atoms with van der Waals surface area (Å²) in [5.74, 6) is -1.30. The van der Waals surface area contributed by atoms with Crippen LogP contribution in [0.25, 0.3) is 0 Å². The van der Waals surface area contributed by atoms with Gasteiger partial charge in [0.2, 0.25) is 0 Å². The second kappa shape index (κ2) is 8.97. The minimum atomic E-state index is -0.665. The van der Waals surface area contributed by atoms with E-state index in [1.165, 1.54) is 0 Å². The van der Waals surface area contributed by atoms with Crippen LogP contribution in [0.5, 0.6) is 0 Å². The predicted octanol–water partition coefficient (Wildman–Crippen LogP) is 1.23. The van der Waals surface area contributed by atoms with E-state index in [1.54, 1.807) is 12.1 Å². The van der Waals surface area contributed by atoms with Crippen LogP contribution < -0.4 is 15.5 Å². The summed E-state index contributed by atoms with van der Waals surface area (Å²) in [4.78, 5) is 25.3. The Morgan fingerprint density at radius 1 is 1.24 bits per heavy atom. The smallest absolute Gasteiger partial charge is 0.313 e. The van der Waals surface area contributed by atoms with E-state index >= 15 is 0 Å². The molecule has 0 aliphatic rings. The molecule has 0 aromatic heterocycles. The maximum Gasteiger partial charge on any atom is 0.313 e. The first-order valence-electron chi connectivity index (χ1n) is 6.99. The molecule has 0 saturated carbocycles. The first-order chi connectivity index (χ1) is 10.0. The van der Waals surface area contributed by atoms with Crippen LogP contribution in [-0.2, 0) is 14.3 Å². The minimum Gasteiger partial charge on any atom is -0.382 e. The fraction of sp³-hybridized carbons (Fsp3) is 0.467. The first kappa shape index (κ1) is 17.0. The van der Waals surface area contributed by atoms with Crippen molar-refractivity contribution in [3.05, 3.63) is 24.3 Å². The quantitative estimate of drug-likeness (QED) is 0.586. The molecule has 0 atom stereocenters. The average Bonchev–Trinajstić information content (AvgIpc) is 2.47. The topological polar surface area (TPSA) is 70.7 Å². The molecule has 0 radical (unpaired) electrons. The van der Waals surface area contributed by atoms with Crippen molar-refractivity contribution in [1.82, 2.24) is 5.32 Å². The molecule has 1 aromatic rings. The maximum absolute atomic E-state index is 11.7. The van der Waals surface area contributed by atoms with Crippen LogP contribution in [0, 0.1) is 0 Å². The molecule has 2 N–H and O–H groups in total. The van der Waals surface area contributed by atoms with Gasteiger partial charge in [-0.3, -0.25) is 9.59 Å². The van der Waals surface area contributed by atoms with Gasteiger partial charge in [-0.1, -0.05) is 6.07 Å². The SMILES string of the molecule is CCOCCCNC(=O)C(=O)Nc1cccc(N(C)C)c1. The van der Waals surface area contributed by atoms with Crippen molar-refractivity contribution in [3.63, 3.8) is 0 Å². The molecule has 6 heteroatoms. The summed E-state index contributed by atoms with van der Waals surface area (Å²) in [6.07, 6.45) is 0.684. The summed E-state index contributed by atoms with van der Waals surface area (Å²) in [5.41, 5.74) is 1.54. The largest absolute Gasteiger partial charge is 0.382 e. The zero-order valence-electron chi connectivity index (χ0n) is 12.8. The number of carbonyl (C=O) groups excluding carboxylic acids is 2. The van der Waals surface area contributed by atoms with Crippen LogP contribution in [0.3, 0.4) is 0 Å². The van der Waals surface area contributed by atoms with Crippen molar-refractivity contribution in [2.24, 2.45) is 0 Å². The molecule has 1 aromatic carbocycles. The van der Waals surface area contributed by atoms with Crippen LogP contribution in [0.1, 0.15) is 13.3 Å². The highest BCUT2D eigenvalue weighted by atomic mass is 16.5. The summed E-state index contributed by atoms with van der Waals surface area (Å²) in [6.45, 7) is 3.55. The fourth-order valence-electron chi connectivity index (χ4n) is 1.65. The predicted molar refractivity (Wildman–Crippen MR) is 83.5 cm³/mol. The van der Waals surface area contributed by atoms with Gasteiger partial charge in [0.1, 0.15) is 0 Å². The fourth-order valence-corrected chi connectivity index (χ4v) is 1.65. The van der Waals surface area contributed by atoms with E-state index in [0.29, 0.717) is 31.9 Å². The molecule has 0 spiro atoms. The van der Waals surface area contributed by atoms with Crippen molar-refractivity contribution in [3.8, 4) is 0 Å². The van der Waals surface area contributed by atoms with Gasteiger partial charge >= 0.3 is 11.8 Å². The summed E-state index contributed by atoms with van der Waals surface area (Å²) in [7, 11) is 3.82. The molecule has 0 unspecified atom stereocenters. The molecule has 21 heavy (non-hydrogen) atoms. The van der Waals surface area contributed by atoms with E-state index in [2.05, 4.69) is 10.6 Å². The minimum absolute atomic E-state index is 0.421. The molecule has 0 fully saturated rings. The Bertz CT molecular complexity index is 475. The maximum atomic E-state index is 11.7. The lowest BCUT2D eigenvalue weighted by Gasteiger charge is -2.14. The molecule has 0 bridgehead atoms. The summed E-state index contributed by atoms with van der Waals surface area (Å²) >= 11 is 0. The highest BCUT2D eigenvalue weighted by molar-refractivity contribution is 6.39. The average molecular weight is 293 g/mol. The molecular weight excluding hydrogens is 270 g/mol. The van der Waals surface area contributed by atoms with Crippen LogP contribution >= 0.6 is 0 Å². The number of hydrogen-bond acceptors (Lipinski definition) is 4. The second-order valence-corrected chi connectivity index (χ2v) is 4.71. The van der Waals surface area contributed by atoms with Crippen molar-refractivity contribution in [2.75, 3.05) is 44.1 Å². The third kappa shape index (κ3) is 6.27. The van der Waals surface area contributed by atoms with Gasteiger partial charge in [-0.2, -0.15) is 0 Å². The Balaban J connectivity index is 2.41. The van der Waals surface area contributed by atoms with Crippen LogP contribution in [-0.4, -0.2) is 45.7 Å². The summed E-state index contributed by atoms with van der Waals surface area (Å²) < 4.78 is 5.15.